The first kappa shape index (κ1) is 15.1. The summed E-state index contributed by atoms with van der Waals surface area (Å²) in [5.41, 5.74) is -0.542. The second kappa shape index (κ2) is 8.31. The van der Waals surface area contributed by atoms with Crippen LogP contribution in [0.2, 0.25) is 0 Å². The van der Waals surface area contributed by atoms with Gasteiger partial charge in [-0.3, -0.25) is 4.79 Å². The molecule has 0 aliphatic rings. The smallest absolute Gasteiger partial charge is 0.306 e. The second-order valence-electron chi connectivity index (χ2n) is 4.56. The van der Waals surface area contributed by atoms with E-state index >= 15 is 0 Å². The molecule has 0 rings (SSSR count). The van der Waals surface area contributed by atoms with E-state index in [4.69, 9.17) is 4.74 Å². The highest BCUT2D eigenvalue weighted by molar-refractivity contribution is 5.75. The SMILES string of the molecule is CCCCCCC(C)(C=O)CC(=O)OCC. The number of esters is 1. The number of hydrogen-bond acceptors (Lipinski definition) is 3. The molecule has 0 saturated heterocycles. The Bertz CT molecular complexity index is 213. The third kappa shape index (κ3) is 6.59. The molecule has 3 nitrogen and oxygen atoms in total. The first-order valence-corrected chi connectivity index (χ1v) is 6.20. The van der Waals surface area contributed by atoms with E-state index in [0.717, 1.165) is 25.5 Å². The van der Waals surface area contributed by atoms with Gasteiger partial charge in [-0.05, 0) is 13.3 Å². The minimum atomic E-state index is -0.542. The van der Waals surface area contributed by atoms with Crippen molar-refractivity contribution in [3.63, 3.8) is 0 Å². The highest BCUT2D eigenvalue weighted by Crippen LogP contribution is 2.26. The van der Waals surface area contributed by atoms with Crippen molar-refractivity contribution in [1.29, 1.82) is 0 Å². The predicted molar refractivity (Wildman–Crippen MR) is 64.2 cm³/mol. The molecule has 0 aliphatic carbocycles. The first-order valence-electron chi connectivity index (χ1n) is 6.20. The zero-order chi connectivity index (χ0) is 12.4. The Labute approximate surface area is 98.6 Å². The monoisotopic (exact) mass is 228 g/mol. The lowest BCUT2D eigenvalue weighted by Crippen LogP contribution is -2.24. The molecule has 0 aromatic carbocycles. The largest absolute Gasteiger partial charge is 0.466 e. The van der Waals surface area contributed by atoms with E-state index in [1.54, 1.807) is 6.92 Å². The van der Waals surface area contributed by atoms with E-state index in [-0.39, 0.29) is 12.4 Å². The fraction of sp³-hybridized carbons (Fsp3) is 0.846. The number of unbranched alkanes of at least 4 members (excludes halogenated alkanes) is 3. The number of hydrogen-bond donors (Lipinski definition) is 0. The van der Waals surface area contributed by atoms with Crippen LogP contribution in [-0.2, 0) is 14.3 Å². The highest BCUT2D eigenvalue weighted by atomic mass is 16.5. The van der Waals surface area contributed by atoms with Gasteiger partial charge in [0.05, 0.1) is 13.0 Å². The van der Waals surface area contributed by atoms with Gasteiger partial charge in [0.15, 0.2) is 0 Å². The average Bonchev–Trinajstić information content (AvgIpc) is 2.25. The van der Waals surface area contributed by atoms with Crippen LogP contribution in [0.15, 0.2) is 0 Å². The lowest BCUT2D eigenvalue weighted by atomic mass is 9.83. The molecule has 0 aromatic heterocycles. The molecule has 0 amide bonds. The van der Waals surface area contributed by atoms with E-state index in [1.807, 2.05) is 6.92 Å². The van der Waals surface area contributed by atoms with Crippen LogP contribution in [0.1, 0.15) is 59.3 Å². The summed E-state index contributed by atoms with van der Waals surface area (Å²) in [6.07, 6.45) is 6.37. The number of ether oxygens (including phenoxy) is 1. The van der Waals surface area contributed by atoms with E-state index < -0.39 is 5.41 Å². The van der Waals surface area contributed by atoms with Gasteiger partial charge in [0, 0.05) is 5.41 Å². The maximum absolute atomic E-state index is 11.3. The van der Waals surface area contributed by atoms with Crippen molar-refractivity contribution >= 4 is 12.3 Å². The van der Waals surface area contributed by atoms with Gasteiger partial charge in [-0.2, -0.15) is 0 Å². The van der Waals surface area contributed by atoms with E-state index in [9.17, 15) is 9.59 Å². The topological polar surface area (TPSA) is 43.4 Å². The summed E-state index contributed by atoms with van der Waals surface area (Å²) >= 11 is 0. The molecule has 1 atom stereocenters. The Morgan fingerprint density at radius 3 is 2.44 bits per heavy atom. The van der Waals surface area contributed by atoms with Crippen LogP contribution in [0.3, 0.4) is 0 Å². The second-order valence-corrected chi connectivity index (χ2v) is 4.56. The number of rotatable bonds is 9. The molecule has 0 fully saturated rings. The van der Waals surface area contributed by atoms with Crippen LogP contribution in [0, 0.1) is 5.41 Å². The van der Waals surface area contributed by atoms with Crippen LogP contribution in [0.5, 0.6) is 0 Å². The number of aldehydes is 1. The van der Waals surface area contributed by atoms with Gasteiger partial charge in [-0.15, -0.1) is 0 Å². The van der Waals surface area contributed by atoms with Gasteiger partial charge < -0.3 is 9.53 Å². The Kier molecular flexibility index (Phi) is 7.86. The highest BCUT2D eigenvalue weighted by Gasteiger charge is 2.27. The van der Waals surface area contributed by atoms with Crippen molar-refractivity contribution < 1.29 is 14.3 Å². The summed E-state index contributed by atoms with van der Waals surface area (Å²) in [4.78, 5) is 22.3. The van der Waals surface area contributed by atoms with Crippen molar-refractivity contribution in [2.75, 3.05) is 6.61 Å². The summed E-state index contributed by atoms with van der Waals surface area (Å²) in [7, 11) is 0. The predicted octanol–water partition coefficient (Wildman–Crippen LogP) is 3.12. The van der Waals surface area contributed by atoms with E-state index in [1.165, 1.54) is 12.8 Å². The standard InChI is InChI=1S/C13H24O3/c1-4-6-7-8-9-13(3,11-14)10-12(15)16-5-2/h11H,4-10H2,1-3H3. The summed E-state index contributed by atoms with van der Waals surface area (Å²) < 4.78 is 4.87. The van der Waals surface area contributed by atoms with Crippen molar-refractivity contribution in [3.8, 4) is 0 Å². The van der Waals surface area contributed by atoms with Gasteiger partial charge in [0.1, 0.15) is 6.29 Å². The minimum Gasteiger partial charge on any atom is -0.466 e. The lowest BCUT2D eigenvalue weighted by molar-refractivity contribution is -0.147. The maximum Gasteiger partial charge on any atom is 0.306 e. The minimum absolute atomic E-state index is 0.205. The van der Waals surface area contributed by atoms with Gasteiger partial charge in [0.25, 0.3) is 0 Å². The molecule has 0 radical (unpaired) electrons. The lowest BCUT2D eigenvalue weighted by Gasteiger charge is -2.21. The Morgan fingerprint density at radius 2 is 1.94 bits per heavy atom. The molecule has 0 heterocycles. The van der Waals surface area contributed by atoms with Crippen molar-refractivity contribution in [2.24, 2.45) is 5.41 Å². The zero-order valence-corrected chi connectivity index (χ0v) is 10.8. The van der Waals surface area contributed by atoms with E-state index in [0.29, 0.717) is 6.61 Å². The van der Waals surface area contributed by atoms with Gasteiger partial charge >= 0.3 is 5.97 Å². The molecular formula is C13H24O3. The molecular weight excluding hydrogens is 204 g/mol. The van der Waals surface area contributed by atoms with Crippen LogP contribution < -0.4 is 0 Å². The molecule has 94 valence electrons. The summed E-state index contributed by atoms with van der Waals surface area (Å²) in [6, 6.07) is 0. The van der Waals surface area contributed by atoms with Crippen LogP contribution >= 0.6 is 0 Å². The first-order chi connectivity index (χ1) is 7.58. The molecule has 3 heteroatoms. The third-order valence-electron chi connectivity index (χ3n) is 2.74. The fourth-order valence-corrected chi connectivity index (χ4v) is 1.69. The Hall–Kier alpha value is -0.860. The molecule has 0 aromatic rings. The van der Waals surface area contributed by atoms with Crippen LogP contribution in [-0.4, -0.2) is 18.9 Å². The maximum atomic E-state index is 11.3. The zero-order valence-electron chi connectivity index (χ0n) is 10.8. The number of carbonyl (C=O) groups is 2. The van der Waals surface area contributed by atoms with Crippen molar-refractivity contribution in [1.82, 2.24) is 0 Å². The average molecular weight is 228 g/mol. The summed E-state index contributed by atoms with van der Waals surface area (Å²) in [5.74, 6) is -0.271. The molecule has 0 bridgehead atoms. The normalized spacial score (nSPS) is 14.2. The van der Waals surface area contributed by atoms with Crippen LogP contribution in [0.4, 0.5) is 0 Å². The van der Waals surface area contributed by atoms with Crippen LogP contribution in [0.25, 0.3) is 0 Å². The molecule has 1 unspecified atom stereocenters. The Morgan fingerprint density at radius 1 is 1.25 bits per heavy atom. The Balaban J connectivity index is 3.99. The quantitative estimate of drug-likeness (QED) is 0.346. The molecule has 0 saturated carbocycles. The summed E-state index contributed by atoms with van der Waals surface area (Å²) in [6.45, 7) is 6.14. The van der Waals surface area contributed by atoms with Crippen molar-refractivity contribution in [3.05, 3.63) is 0 Å². The van der Waals surface area contributed by atoms with E-state index in [2.05, 4.69) is 6.92 Å². The fourth-order valence-electron chi connectivity index (χ4n) is 1.69. The molecule has 0 N–H and O–H groups in total. The number of carbonyl (C=O) groups excluding carboxylic acids is 2. The molecule has 16 heavy (non-hydrogen) atoms. The molecule has 0 spiro atoms. The van der Waals surface area contributed by atoms with Gasteiger partial charge in [-0.25, -0.2) is 0 Å². The third-order valence-corrected chi connectivity index (χ3v) is 2.74. The van der Waals surface area contributed by atoms with Gasteiger partial charge in [0.2, 0.25) is 0 Å². The van der Waals surface area contributed by atoms with Gasteiger partial charge in [-0.1, -0.05) is 39.5 Å². The van der Waals surface area contributed by atoms with Crippen molar-refractivity contribution in [2.45, 2.75) is 59.3 Å². The summed E-state index contributed by atoms with van der Waals surface area (Å²) in [5, 5.41) is 0. The molecule has 0 aliphatic heterocycles.